The maximum Gasteiger partial charge on any atom is 0.230 e. The minimum Gasteiger partial charge on any atom is -0.300 e. The number of nitrogens with zero attached hydrogens (tertiary/aromatic N) is 4. The summed E-state index contributed by atoms with van der Waals surface area (Å²) in [4.78, 5) is 24.6. The molecule has 0 saturated heterocycles. The monoisotopic (exact) mass is 518 g/mol. The molecule has 8 nitrogen and oxygen atoms in total. The molecule has 0 spiro atoms. The fraction of sp³-hybridized carbons (Fsp3) is 0.308. The summed E-state index contributed by atoms with van der Waals surface area (Å²) < 4.78 is 0. The average molecular weight is 519 g/mol. The molecule has 2 aromatic heterocycles. The first-order valence-corrected chi connectivity index (χ1v) is 13.6. The van der Waals surface area contributed by atoms with Crippen molar-refractivity contribution < 1.29 is 9.59 Å². The van der Waals surface area contributed by atoms with E-state index in [4.69, 9.17) is 0 Å². The lowest BCUT2D eigenvalue weighted by atomic mass is 10.0. The summed E-state index contributed by atoms with van der Waals surface area (Å²) >= 11 is 2.90. The van der Waals surface area contributed by atoms with Gasteiger partial charge in [0, 0.05) is 12.3 Å². The molecule has 1 aliphatic rings. The fourth-order valence-corrected chi connectivity index (χ4v) is 6.24. The molecule has 0 unspecified atom stereocenters. The van der Waals surface area contributed by atoms with Crippen LogP contribution in [-0.2, 0) is 28.9 Å². The minimum absolute atomic E-state index is 0.0869. The summed E-state index contributed by atoms with van der Waals surface area (Å²) in [7, 11) is 0. The Morgan fingerprint density at radius 3 is 1.97 bits per heavy atom. The van der Waals surface area contributed by atoms with Crippen molar-refractivity contribution in [2.45, 2.75) is 44.4 Å². The van der Waals surface area contributed by atoms with Crippen molar-refractivity contribution in [3.05, 3.63) is 81.8 Å². The number of aromatic nitrogens is 4. The van der Waals surface area contributed by atoms with E-state index >= 15 is 0 Å². The number of hydrogen-bond donors (Lipinski definition) is 2. The van der Waals surface area contributed by atoms with Crippen LogP contribution >= 0.6 is 22.7 Å². The van der Waals surface area contributed by atoms with Gasteiger partial charge in [0.15, 0.2) is 0 Å². The third-order valence-electron chi connectivity index (χ3n) is 6.17. The fourth-order valence-electron chi connectivity index (χ4n) is 4.46. The first-order chi connectivity index (χ1) is 17.6. The number of rotatable bonds is 9. The molecule has 0 aliphatic heterocycles. The maximum absolute atomic E-state index is 12.3. The van der Waals surface area contributed by atoms with Crippen LogP contribution in [0.2, 0.25) is 0 Å². The van der Waals surface area contributed by atoms with Gasteiger partial charge >= 0.3 is 0 Å². The van der Waals surface area contributed by atoms with E-state index in [-0.39, 0.29) is 11.8 Å². The van der Waals surface area contributed by atoms with Crippen molar-refractivity contribution in [1.82, 2.24) is 20.4 Å². The Hall–Kier alpha value is -3.50. The van der Waals surface area contributed by atoms with Gasteiger partial charge in [-0.05, 0) is 36.3 Å². The Bertz CT molecular complexity index is 1310. The second-order valence-electron chi connectivity index (χ2n) is 8.95. The number of nitrogens with one attached hydrogen (secondary N) is 2. The van der Waals surface area contributed by atoms with Crippen molar-refractivity contribution in [3.63, 3.8) is 0 Å². The van der Waals surface area contributed by atoms with Gasteiger partial charge < -0.3 is 10.6 Å². The molecule has 0 bridgehead atoms. The zero-order valence-corrected chi connectivity index (χ0v) is 21.2. The van der Waals surface area contributed by atoms with Crippen LogP contribution in [0.5, 0.6) is 0 Å². The number of carbonyl (C=O) groups is 2. The van der Waals surface area contributed by atoms with Crippen molar-refractivity contribution in [3.8, 4) is 0 Å². The summed E-state index contributed by atoms with van der Waals surface area (Å²) in [5, 5.41) is 25.7. The molecule has 2 heterocycles. The predicted octanol–water partition coefficient (Wildman–Crippen LogP) is 4.88. The highest BCUT2D eigenvalue weighted by Crippen LogP contribution is 2.41. The third-order valence-corrected chi connectivity index (χ3v) is 8.03. The van der Waals surface area contributed by atoms with Crippen LogP contribution in [0.4, 0.5) is 10.3 Å². The number of anilines is 2. The maximum atomic E-state index is 12.3. The normalized spacial score (nSPS) is 17.1. The third kappa shape index (κ3) is 6.58. The molecular formula is C26H26N6O2S2. The Morgan fingerprint density at radius 2 is 1.33 bits per heavy atom. The molecule has 1 saturated carbocycles. The lowest BCUT2D eigenvalue weighted by Crippen LogP contribution is -2.14. The first kappa shape index (κ1) is 24.2. The Balaban J connectivity index is 1.09. The van der Waals surface area contributed by atoms with Crippen LogP contribution in [0, 0.1) is 5.92 Å². The molecule has 2 amide bonds. The van der Waals surface area contributed by atoms with Crippen LogP contribution in [0.1, 0.15) is 46.3 Å². The van der Waals surface area contributed by atoms with Gasteiger partial charge in [-0.15, -0.1) is 20.4 Å². The zero-order valence-electron chi connectivity index (χ0n) is 19.6. The Morgan fingerprint density at radius 1 is 0.750 bits per heavy atom. The topological polar surface area (TPSA) is 110 Å². The number of carbonyl (C=O) groups excluding carboxylic acids is 2. The van der Waals surface area contributed by atoms with Gasteiger partial charge in [0.05, 0.1) is 12.8 Å². The number of hydrogen-bond acceptors (Lipinski definition) is 8. The summed E-state index contributed by atoms with van der Waals surface area (Å²) in [6.45, 7) is 0. The summed E-state index contributed by atoms with van der Waals surface area (Å²) in [5.74, 6) is 0.644. The number of amides is 2. The number of benzene rings is 2. The summed E-state index contributed by atoms with van der Waals surface area (Å²) in [6, 6.07) is 19.3. The van der Waals surface area contributed by atoms with Crippen LogP contribution in [0.25, 0.3) is 0 Å². The highest BCUT2D eigenvalue weighted by molar-refractivity contribution is 7.15. The van der Waals surface area contributed by atoms with E-state index in [1.54, 1.807) is 0 Å². The van der Waals surface area contributed by atoms with E-state index in [2.05, 4.69) is 31.0 Å². The molecule has 2 N–H and O–H groups in total. The van der Waals surface area contributed by atoms with Crippen molar-refractivity contribution in [2.24, 2.45) is 5.92 Å². The second kappa shape index (κ2) is 11.5. The molecule has 10 heteroatoms. The van der Waals surface area contributed by atoms with Gasteiger partial charge in [-0.3, -0.25) is 9.59 Å². The highest BCUT2D eigenvalue weighted by atomic mass is 32.1. The van der Waals surface area contributed by atoms with E-state index < -0.39 is 0 Å². The highest BCUT2D eigenvalue weighted by Gasteiger charge is 2.29. The molecular weight excluding hydrogens is 492 g/mol. The van der Waals surface area contributed by atoms with Crippen molar-refractivity contribution >= 4 is 44.8 Å². The van der Waals surface area contributed by atoms with Crippen molar-refractivity contribution in [1.29, 1.82) is 0 Å². The Kier molecular flexibility index (Phi) is 7.73. The lowest BCUT2D eigenvalue weighted by Gasteiger charge is -2.07. The largest absolute Gasteiger partial charge is 0.300 e. The smallest absolute Gasteiger partial charge is 0.230 e. The molecule has 0 radical (unpaired) electrons. The molecule has 1 fully saturated rings. The molecule has 184 valence electrons. The van der Waals surface area contributed by atoms with E-state index in [0.29, 0.717) is 34.9 Å². The minimum atomic E-state index is -0.0900. The van der Waals surface area contributed by atoms with Gasteiger partial charge in [0.1, 0.15) is 10.0 Å². The van der Waals surface area contributed by atoms with E-state index in [1.807, 2.05) is 60.7 Å². The van der Waals surface area contributed by atoms with Crippen LogP contribution in [0.15, 0.2) is 60.7 Å². The molecule has 1 aliphatic carbocycles. The van der Waals surface area contributed by atoms with E-state index in [0.717, 1.165) is 46.8 Å². The molecule has 36 heavy (non-hydrogen) atoms. The van der Waals surface area contributed by atoms with Crippen molar-refractivity contribution in [2.75, 3.05) is 10.6 Å². The SMILES string of the molecule is O=C(Cc1ccccc1)Nc1nnc(C[C@H]2CC[C@@H](c3nnc(NC(=O)Cc4ccccc4)s3)C2)s1. The Labute approximate surface area is 217 Å². The van der Waals surface area contributed by atoms with Crippen LogP contribution in [0.3, 0.4) is 0 Å². The van der Waals surface area contributed by atoms with E-state index in [9.17, 15) is 9.59 Å². The summed E-state index contributed by atoms with van der Waals surface area (Å²) in [5.41, 5.74) is 1.93. The van der Waals surface area contributed by atoms with Crippen LogP contribution < -0.4 is 10.6 Å². The average Bonchev–Trinajstić information content (AvgIpc) is 3.62. The molecule has 4 aromatic rings. The van der Waals surface area contributed by atoms with Crippen LogP contribution in [-0.4, -0.2) is 32.2 Å². The molecule has 5 rings (SSSR count). The van der Waals surface area contributed by atoms with E-state index in [1.165, 1.54) is 22.7 Å². The van der Waals surface area contributed by atoms with Gasteiger partial charge in [0.2, 0.25) is 22.1 Å². The molecule has 2 aromatic carbocycles. The summed E-state index contributed by atoms with van der Waals surface area (Å²) in [6.07, 6.45) is 4.59. The first-order valence-electron chi connectivity index (χ1n) is 11.9. The van der Waals surface area contributed by atoms with Gasteiger partial charge in [-0.1, -0.05) is 83.3 Å². The van der Waals surface area contributed by atoms with Gasteiger partial charge in [0.25, 0.3) is 0 Å². The molecule has 2 atom stereocenters. The quantitative estimate of drug-likeness (QED) is 0.327. The zero-order chi connectivity index (χ0) is 24.7. The van der Waals surface area contributed by atoms with Gasteiger partial charge in [-0.25, -0.2) is 0 Å². The predicted molar refractivity (Wildman–Crippen MR) is 141 cm³/mol. The lowest BCUT2D eigenvalue weighted by molar-refractivity contribution is -0.116. The standard InChI is InChI=1S/C26H26N6O2S2/c33-21(14-17-7-3-1-4-8-17)27-25-31-29-23(35-25)16-19-11-12-20(13-19)24-30-32-26(36-24)28-22(34)15-18-9-5-2-6-10-18/h1-10,19-20H,11-16H2,(H,27,31,33)(H,28,32,34)/t19-,20+/m0/s1. The van der Waals surface area contributed by atoms with Gasteiger partial charge in [-0.2, -0.15) is 0 Å². The second-order valence-corrected chi connectivity index (χ2v) is 11.0.